The molecule has 7 nitrogen and oxygen atoms in total. The molecular weight excluding hydrogens is 398 g/mol. The summed E-state index contributed by atoms with van der Waals surface area (Å²) in [4.78, 5) is 28.7. The van der Waals surface area contributed by atoms with Crippen LogP contribution in [0.5, 0.6) is 11.5 Å². The van der Waals surface area contributed by atoms with Crippen molar-refractivity contribution in [2.24, 2.45) is 11.3 Å². The number of hydrogen-bond acceptors (Lipinski definition) is 7. The van der Waals surface area contributed by atoms with Gasteiger partial charge in [0.2, 0.25) is 0 Å². The first-order valence-corrected chi connectivity index (χ1v) is 10.6. The molecule has 5 atom stereocenters. The lowest BCUT2D eigenvalue weighted by atomic mass is 9.38. The molecule has 162 valence electrons. The fraction of sp³-hybridized carbons (Fsp3) is 0.500. The molecule has 4 bridgehead atoms. The van der Waals surface area contributed by atoms with Crippen molar-refractivity contribution in [3.63, 3.8) is 0 Å². The molecule has 31 heavy (non-hydrogen) atoms. The van der Waals surface area contributed by atoms with Crippen LogP contribution in [0.3, 0.4) is 0 Å². The normalized spacial score (nSPS) is 36.1. The zero-order chi connectivity index (χ0) is 21.7. The van der Waals surface area contributed by atoms with Crippen molar-refractivity contribution in [2.75, 3.05) is 34.9 Å². The molecular formula is C24H25NO6. The van der Waals surface area contributed by atoms with E-state index in [1.54, 1.807) is 7.11 Å². The molecule has 7 rings (SSSR count). The van der Waals surface area contributed by atoms with E-state index >= 15 is 0 Å². The predicted molar refractivity (Wildman–Crippen MR) is 110 cm³/mol. The van der Waals surface area contributed by atoms with Crippen molar-refractivity contribution < 1.29 is 28.5 Å². The average Bonchev–Trinajstić information content (AvgIpc) is 3.16. The van der Waals surface area contributed by atoms with Crippen LogP contribution in [0.4, 0.5) is 0 Å². The first kappa shape index (κ1) is 18.9. The lowest BCUT2D eigenvalue weighted by Gasteiger charge is -2.67. The molecule has 4 aliphatic carbocycles. The van der Waals surface area contributed by atoms with E-state index in [1.165, 1.54) is 19.8 Å². The Kier molecular flexibility index (Phi) is 3.61. The average molecular weight is 423 g/mol. The summed E-state index contributed by atoms with van der Waals surface area (Å²) in [5, 5.41) is 0. The minimum Gasteiger partial charge on any atom is -0.493 e. The maximum atomic E-state index is 13.3. The Balaban J connectivity index is 1.75. The van der Waals surface area contributed by atoms with Crippen molar-refractivity contribution in [1.82, 2.24) is 4.90 Å². The van der Waals surface area contributed by atoms with Gasteiger partial charge in [-0.2, -0.15) is 0 Å². The highest BCUT2D eigenvalue weighted by Gasteiger charge is 2.77. The topological polar surface area (TPSA) is 74.3 Å². The van der Waals surface area contributed by atoms with Crippen molar-refractivity contribution >= 4 is 11.9 Å². The van der Waals surface area contributed by atoms with Gasteiger partial charge in [0.25, 0.3) is 0 Å². The molecule has 1 fully saturated rings. The van der Waals surface area contributed by atoms with Gasteiger partial charge in [0.1, 0.15) is 6.10 Å². The highest BCUT2D eigenvalue weighted by atomic mass is 16.5. The van der Waals surface area contributed by atoms with Crippen molar-refractivity contribution in [1.29, 1.82) is 0 Å². The second kappa shape index (κ2) is 5.91. The number of piperidine rings is 1. The predicted octanol–water partition coefficient (Wildman–Crippen LogP) is 1.78. The van der Waals surface area contributed by atoms with Crippen LogP contribution >= 0.6 is 0 Å². The molecule has 2 aliphatic heterocycles. The Labute approximate surface area is 180 Å². The minimum atomic E-state index is -0.735. The molecule has 2 heterocycles. The number of carbonyl (C=O) groups is 2. The summed E-state index contributed by atoms with van der Waals surface area (Å²) in [5.74, 6) is 0.0836. The summed E-state index contributed by atoms with van der Waals surface area (Å²) in [6, 6.07) is 4.07. The zero-order valence-corrected chi connectivity index (χ0v) is 18.1. The standard InChI is InChI=1S/C24H25NO6/c1-25-10-9-24-17-12-5-6-14(28-2)19(17)31-20(24)13-7-8-23(24,15(25)11-12)18(22(27)30-4)16(13)21(26)29-3/h5-8,13,15,20H,9-11H2,1-4H3/t13-,15+,20-,23-,24-/m0/s1. The number of likely N-dealkylation sites (tertiary alicyclic amines) is 1. The number of ether oxygens (including phenoxy) is 4. The maximum absolute atomic E-state index is 13.3. The Morgan fingerprint density at radius 3 is 2.65 bits per heavy atom. The molecule has 6 aliphatic rings. The van der Waals surface area contributed by atoms with Crippen LogP contribution in [-0.2, 0) is 30.9 Å². The fourth-order valence-electron chi connectivity index (χ4n) is 7.34. The Morgan fingerprint density at radius 1 is 1.16 bits per heavy atom. The third-order valence-electron chi connectivity index (χ3n) is 8.38. The lowest BCUT2D eigenvalue weighted by Crippen LogP contribution is -2.74. The molecule has 0 unspecified atom stereocenters. The van der Waals surface area contributed by atoms with Crippen LogP contribution in [0, 0.1) is 11.3 Å². The highest BCUT2D eigenvalue weighted by molar-refractivity contribution is 6.04. The van der Waals surface area contributed by atoms with E-state index in [-0.39, 0.29) is 12.1 Å². The smallest absolute Gasteiger partial charge is 0.335 e. The summed E-state index contributed by atoms with van der Waals surface area (Å²) < 4.78 is 22.7. The number of esters is 2. The summed E-state index contributed by atoms with van der Waals surface area (Å²) in [7, 11) is 6.46. The molecule has 1 aromatic rings. The number of benzene rings is 1. The fourth-order valence-corrected chi connectivity index (χ4v) is 7.34. The number of methoxy groups -OCH3 is 3. The SMILES string of the molecule is COC(=O)C1=C(C(=O)OC)[C@@]23C=C[C@@H]1[C@@H]1Oc4c(OC)ccc5c4[C@@]12CCN(C)[C@@H]3C5. The summed E-state index contributed by atoms with van der Waals surface area (Å²) in [5.41, 5.74) is 1.98. The second-order valence-electron chi connectivity index (χ2n) is 9.12. The van der Waals surface area contributed by atoms with Crippen LogP contribution in [0.25, 0.3) is 0 Å². The maximum Gasteiger partial charge on any atom is 0.335 e. The Morgan fingerprint density at radius 2 is 1.94 bits per heavy atom. The molecule has 1 saturated heterocycles. The largest absolute Gasteiger partial charge is 0.493 e. The molecule has 2 spiro atoms. The summed E-state index contributed by atoms with van der Waals surface area (Å²) in [6.07, 6.45) is 5.45. The van der Waals surface area contributed by atoms with E-state index in [1.807, 2.05) is 12.1 Å². The Hall–Kier alpha value is -2.80. The van der Waals surface area contributed by atoms with Crippen LogP contribution in [-0.4, -0.2) is 63.9 Å². The number of carbonyl (C=O) groups excluding carboxylic acids is 2. The van der Waals surface area contributed by atoms with E-state index in [4.69, 9.17) is 18.9 Å². The van der Waals surface area contributed by atoms with Crippen molar-refractivity contribution in [3.8, 4) is 11.5 Å². The summed E-state index contributed by atoms with van der Waals surface area (Å²) >= 11 is 0. The molecule has 7 heteroatoms. The molecule has 1 aromatic carbocycles. The third-order valence-corrected chi connectivity index (χ3v) is 8.38. The van der Waals surface area contributed by atoms with Gasteiger partial charge in [-0.05, 0) is 38.1 Å². The first-order chi connectivity index (χ1) is 15.0. The Bertz CT molecular complexity index is 1110. The molecule has 0 aromatic heterocycles. The highest BCUT2D eigenvalue weighted by Crippen LogP contribution is 2.73. The first-order valence-electron chi connectivity index (χ1n) is 10.6. The van der Waals surface area contributed by atoms with Crippen molar-refractivity contribution in [2.45, 2.75) is 30.4 Å². The van der Waals surface area contributed by atoms with Gasteiger partial charge in [-0.1, -0.05) is 18.2 Å². The van der Waals surface area contributed by atoms with E-state index in [0.717, 1.165) is 30.7 Å². The number of rotatable bonds is 3. The van der Waals surface area contributed by atoms with Gasteiger partial charge in [0, 0.05) is 17.5 Å². The van der Waals surface area contributed by atoms with Gasteiger partial charge in [-0.15, -0.1) is 0 Å². The van der Waals surface area contributed by atoms with E-state index in [0.29, 0.717) is 16.9 Å². The number of nitrogens with zero attached hydrogens (tertiary/aromatic N) is 1. The molecule has 0 radical (unpaired) electrons. The van der Waals surface area contributed by atoms with Crippen LogP contribution in [0.2, 0.25) is 0 Å². The number of likely N-dealkylation sites (N-methyl/N-ethyl adjacent to an activating group) is 1. The van der Waals surface area contributed by atoms with Crippen LogP contribution < -0.4 is 9.47 Å². The minimum absolute atomic E-state index is 0.00884. The number of hydrogen-bond donors (Lipinski definition) is 0. The third kappa shape index (κ3) is 1.83. The second-order valence-corrected chi connectivity index (χ2v) is 9.12. The van der Waals surface area contributed by atoms with Crippen LogP contribution in [0.1, 0.15) is 17.5 Å². The van der Waals surface area contributed by atoms with Gasteiger partial charge in [0.15, 0.2) is 11.5 Å². The van der Waals surface area contributed by atoms with Gasteiger partial charge >= 0.3 is 11.9 Å². The van der Waals surface area contributed by atoms with Gasteiger partial charge in [0.05, 0.1) is 43.3 Å². The van der Waals surface area contributed by atoms with Gasteiger partial charge in [-0.25, -0.2) is 9.59 Å². The molecule has 0 N–H and O–H groups in total. The monoisotopic (exact) mass is 423 g/mol. The molecule has 0 amide bonds. The summed E-state index contributed by atoms with van der Waals surface area (Å²) in [6.45, 7) is 0.880. The van der Waals surface area contributed by atoms with E-state index in [9.17, 15) is 9.59 Å². The van der Waals surface area contributed by atoms with E-state index in [2.05, 4.69) is 24.1 Å². The lowest BCUT2D eigenvalue weighted by molar-refractivity contribution is -0.147. The van der Waals surface area contributed by atoms with Gasteiger partial charge < -0.3 is 23.8 Å². The zero-order valence-electron chi connectivity index (χ0n) is 18.1. The van der Waals surface area contributed by atoms with E-state index < -0.39 is 28.7 Å². The van der Waals surface area contributed by atoms with Gasteiger partial charge in [-0.3, -0.25) is 0 Å². The molecule has 0 saturated carbocycles. The van der Waals surface area contributed by atoms with Crippen LogP contribution in [0.15, 0.2) is 35.4 Å². The quantitative estimate of drug-likeness (QED) is 0.542. The van der Waals surface area contributed by atoms with Crippen molar-refractivity contribution in [3.05, 3.63) is 46.6 Å².